The summed E-state index contributed by atoms with van der Waals surface area (Å²) < 4.78 is 26.9. The van der Waals surface area contributed by atoms with Crippen molar-refractivity contribution in [3.63, 3.8) is 0 Å². The first-order valence-electron chi connectivity index (χ1n) is 6.98. The van der Waals surface area contributed by atoms with E-state index in [-0.39, 0.29) is 5.41 Å². The first-order chi connectivity index (χ1) is 9.24. The number of sulfonamides is 1. The Labute approximate surface area is 123 Å². The molecule has 5 heteroatoms. The second kappa shape index (κ2) is 7.20. The second-order valence-electron chi connectivity index (χ2n) is 6.24. The molecule has 0 aliphatic heterocycles. The van der Waals surface area contributed by atoms with Crippen molar-refractivity contribution in [2.45, 2.75) is 38.5 Å². The van der Waals surface area contributed by atoms with Crippen molar-refractivity contribution in [1.82, 2.24) is 10.0 Å². The van der Waals surface area contributed by atoms with Crippen molar-refractivity contribution < 1.29 is 8.42 Å². The van der Waals surface area contributed by atoms with Gasteiger partial charge in [-0.15, -0.1) is 0 Å². The number of rotatable bonds is 7. The third-order valence-corrected chi connectivity index (χ3v) is 4.34. The minimum absolute atomic E-state index is 0.0693. The molecule has 1 aromatic rings. The molecule has 1 rings (SSSR count). The van der Waals surface area contributed by atoms with Gasteiger partial charge in [-0.25, -0.2) is 13.1 Å². The lowest BCUT2D eigenvalue weighted by Crippen LogP contribution is -2.32. The molecule has 0 radical (unpaired) electrons. The van der Waals surface area contributed by atoms with Gasteiger partial charge in [0.2, 0.25) is 10.0 Å². The predicted molar refractivity (Wildman–Crippen MR) is 83.3 cm³/mol. The summed E-state index contributed by atoms with van der Waals surface area (Å²) in [5.41, 5.74) is 1.09. The standard InChI is InChI=1S/C15H26N2O2S/c1-15(2,3)12-17-20(18,19)14-9-7-13(8-10-14)6-5-11-16-4/h7-10,16-17H,5-6,11-12H2,1-4H3. The van der Waals surface area contributed by atoms with Gasteiger partial charge in [0.25, 0.3) is 0 Å². The van der Waals surface area contributed by atoms with E-state index in [2.05, 4.69) is 10.0 Å². The molecule has 0 unspecified atom stereocenters. The molecule has 4 nitrogen and oxygen atoms in total. The summed E-state index contributed by atoms with van der Waals surface area (Å²) in [6.07, 6.45) is 2.00. The molecule has 1 aromatic carbocycles. The maximum atomic E-state index is 12.1. The highest BCUT2D eigenvalue weighted by molar-refractivity contribution is 7.89. The molecule has 0 bridgehead atoms. The van der Waals surface area contributed by atoms with E-state index in [0.717, 1.165) is 24.9 Å². The fourth-order valence-corrected chi connectivity index (χ4v) is 2.98. The molecular formula is C15H26N2O2S. The van der Waals surface area contributed by atoms with Crippen molar-refractivity contribution in [2.24, 2.45) is 5.41 Å². The summed E-state index contributed by atoms with van der Waals surface area (Å²) >= 11 is 0. The Balaban J connectivity index is 2.67. The minimum atomic E-state index is -3.40. The largest absolute Gasteiger partial charge is 0.320 e. The number of hydrogen-bond donors (Lipinski definition) is 2. The maximum Gasteiger partial charge on any atom is 0.240 e. The van der Waals surface area contributed by atoms with E-state index in [9.17, 15) is 8.42 Å². The average Bonchev–Trinajstić information content (AvgIpc) is 2.37. The van der Waals surface area contributed by atoms with Crippen LogP contribution in [0.2, 0.25) is 0 Å². The van der Waals surface area contributed by atoms with Gasteiger partial charge >= 0.3 is 0 Å². The van der Waals surface area contributed by atoms with Crippen LogP contribution in [0.1, 0.15) is 32.8 Å². The molecule has 0 aliphatic carbocycles. The van der Waals surface area contributed by atoms with Crippen LogP contribution in [-0.4, -0.2) is 28.6 Å². The Morgan fingerprint density at radius 2 is 1.70 bits per heavy atom. The molecule has 0 saturated heterocycles. The molecular weight excluding hydrogens is 272 g/mol. The number of nitrogens with one attached hydrogen (secondary N) is 2. The lowest BCUT2D eigenvalue weighted by Gasteiger charge is -2.18. The highest BCUT2D eigenvalue weighted by Crippen LogP contribution is 2.15. The smallest absolute Gasteiger partial charge is 0.240 e. The van der Waals surface area contributed by atoms with Gasteiger partial charge in [-0.1, -0.05) is 32.9 Å². The molecule has 0 heterocycles. The zero-order valence-corrected chi connectivity index (χ0v) is 13.7. The van der Waals surface area contributed by atoms with Crippen molar-refractivity contribution in [1.29, 1.82) is 0 Å². The van der Waals surface area contributed by atoms with E-state index in [1.54, 1.807) is 12.1 Å². The molecule has 2 N–H and O–H groups in total. The Hall–Kier alpha value is -0.910. The molecule has 0 spiro atoms. The second-order valence-corrected chi connectivity index (χ2v) is 8.00. The fraction of sp³-hybridized carbons (Fsp3) is 0.600. The summed E-state index contributed by atoms with van der Waals surface area (Å²) in [5, 5.41) is 3.10. The molecule has 0 aromatic heterocycles. The van der Waals surface area contributed by atoms with Crippen LogP contribution in [0, 0.1) is 5.41 Å². The summed E-state index contributed by atoms with van der Waals surface area (Å²) in [4.78, 5) is 0.333. The molecule has 0 saturated carbocycles. The van der Waals surface area contributed by atoms with Crippen molar-refractivity contribution in [3.05, 3.63) is 29.8 Å². The van der Waals surface area contributed by atoms with E-state index in [1.165, 1.54) is 0 Å². The summed E-state index contributed by atoms with van der Waals surface area (Å²) in [7, 11) is -1.47. The van der Waals surface area contributed by atoms with Gasteiger partial charge in [0.1, 0.15) is 0 Å². The third-order valence-electron chi connectivity index (χ3n) is 2.92. The van der Waals surface area contributed by atoms with Crippen molar-refractivity contribution in [2.75, 3.05) is 20.1 Å². The molecule has 0 atom stereocenters. The van der Waals surface area contributed by atoms with Crippen LogP contribution in [0.3, 0.4) is 0 Å². The molecule has 20 heavy (non-hydrogen) atoms. The van der Waals surface area contributed by atoms with Gasteiger partial charge in [-0.05, 0) is 49.5 Å². The first kappa shape index (κ1) is 17.1. The van der Waals surface area contributed by atoms with E-state index in [4.69, 9.17) is 0 Å². The van der Waals surface area contributed by atoms with Gasteiger partial charge in [0.15, 0.2) is 0 Å². The lowest BCUT2D eigenvalue weighted by molar-refractivity contribution is 0.407. The number of hydrogen-bond acceptors (Lipinski definition) is 3. The van der Waals surface area contributed by atoms with Gasteiger partial charge in [-0.2, -0.15) is 0 Å². The Bertz CT molecular complexity index is 502. The zero-order valence-electron chi connectivity index (χ0n) is 12.9. The minimum Gasteiger partial charge on any atom is -0.320 e. The van der Waals surface area contributed by atoms with E-state index in [0.29, 0.717) is 11.4 Å². The van der Waals surface area contributed by atoms with Crippen molar-refractivity contribution >= 4 is 10.0 Å². The van der Waals surface area contributed by atoms with Crippen LogP contribution in [0.15, 0.2) is 29.2 Å². The molecule has 114 valence electrons. The number of aryl methyl sites for hydroxylation is 1. The normalized spacial score (nSPS) is 12.6. The molecule has 0 fully saturated rings. The predicted octanol–water partition coefficient (Wildman–Crippen LogP) is 2.16. The monoisotopic (exact) mass is 298 g/mol. The Kier molecular flexibility index (Phi) is 6.17. The van der Waals surface area contributed by atoms with Crippen LogP contribution < -0.4 is 10.0 Å². The third kappa shape index (κ3) is 6.03. The summed E-state index contributed by atoms with van der Waals surface area (Å²) in [6, 6.07) is 7.14. The van der Waals surface area contributed by atoms with Gasteiger partial charge < -0.3 is 5.32 Å². The van der Waals surface area contributed by atoms with Gasteiger partial charge in [0, 0.05) is 6.54 Å². The summed E-state index contributed by atoms with van der Waals surface area (Å²) in [5.74, 6) is 0. The molecule has 0 aliphatic rings. The topological polar surface area (TPSA) is 58.2 Å². The van der Waals surface area contributed by atoms with E-state index >= 15 is 0 Å². The van der Waals surface area contributed by atoms with Crippen LogP contribution >= 0.6 is 0 Å². The fourth-order valence-electron chi connectivity index (χ4n) is 1.70. The Morgan fingerprint density at radius 3 is 2.20 bits per heavy atom. The van der Waals surface area contributed by atoms with Crippen LogP contribution in [0.5, 0.6) is 0 Å². The van der Waals surface area contributed by atoms with Crippen LogP contribution in [0.25, 0.3) is 0 Å². The van der Waals surface area contributed by atoms with Gasteiger partial charge in [-0.3, -0.25) is 0 Å². The van der Waals surface area contributed by atoms with Gasteiger partial charge in [0.05, 0.1) is 4.90 Å². The maximum absolute atomic E-state index is 12.1. The summed E-state index contributed by atoms with van der Waals surface area (Å²) in [6.45, 7) is 7.40. The van der Waals surface area contributed by atoms with E-state index in [1.807, 2.05) is 40.0 Å². The van der Waals surface area contributed by atoms with Crippen molar-refractivity contribution in [3.8, 4) is 0 Å². The SMILES string of the molecule is CNCCCc1ccc(S(=O)(=O)NCC(C)(C)C)cc1. The molecule has 0 amide bonds. The van der Waals surface area contributed by atoms with Crippen LogP contribution in [0.4, 0.5) is 0 Å². The highest BCUT2D eigenvalue weighted by atomic mass is 32.2. The Morgan fingerprint density at radius 1 is 1.10 bits per heavy atom. The zero-order chi connectivity index (χ0) is 15.2. The first-order valence-corrected chi connectivity index (χ1v) is 8.46. The van der Waals surface area contributed by atoms with E-state index < -0.39 is 10.0 Å². The average molecular weight is 298 g/mol. The quantitative estimate of drug-likeness (QED) is 0.759. The van der Waals surface area contributed by atoms with Crippen LogP contribution in [-0.2, 0) is 16.4 Å². The highest BCUT2D eigenvalue weighted by Gasteiger charge is 2.18. The lowest BCUT2D eigenvalue weighted by atomic mass is 9.98. The number of benzene rings is 1.